The average molecular weight is 244 g/mol. The van der Waals surface area contributed by atoms with E-state index in [4.69, 9.17) is 0 Å². The van der Waals surface area contributed by atoms with Gasteiger partial charge in [-0.2, -0.15) is 0 Å². The molecule has 96 valence electrons. The van der Waals surface area contributed by atoms with E-state index in [0.29, 0.717) is 12.0 Å². The van der Waals surface area contributed by atoms with Gasteiger partial charge in [0.25, 0.3) is 0 Å². The highest BCUT2D eigenvalue weighted by molar-refractivity contribution is 5.80. The molecule has 1 N–H and O–H groups in total. The first-order valence-electron chi connectivity index (χ1n) is 6.94. The molecule has 0 radical (unpaired) electrons. The minimum atomic E-state index is 0.259. The lowest BCUT2D eigenvalue weighted by atomic mass is 10.2. The molecular weight excluding hydrogens is 224 g/mol. The molecule has 0 aromatic heterocycles. The maximum Gasteiger partial charge on any atom is 0.223 e. The zero-order valence-electron chi connectivity index (χ0n) is 10.6. The highest BCUT2D eigenvalue weighted by Gasteiger charge is 2.31. The topological polar surface area (TPSA) is 32.3 Å². The second kappa shape index (κ2) is 5.01. The van der Waals surface area contributed by atoms with Gasteiger partial charge >= 0.3 is 0 Å². The van der Waals surface area contributed by atoms with Gasteiger partial charge in [-0.15, -0.1) is 0 Å². The molecule has 1 aliphatic carbocycles. The molecular formula is C15H20N2O. The van der Waals surface area contributed by atoms with Gasteiger partial charge in [0.05, 0.1) is 0 Å². The Bertz CT molecular complexity index is 414. The summed E-state index contributed by atoms with van der Waals surface area (Å²) in [6.45, 7) is 1.90. The summed E-state index contributed by atoms with van der Waals surface area (Å²) in [5.41, 5.74) is 1.28. The molecule has 1 amide bonds. The van der Waals surface area contributed by atoms with Crippen LogP contribution in [0.3, 0.4) is 0 Å². The van der Waals surface area contributed by atoms with E-state index >= 15 is 0 Å². The molecule has 0 spiro atoms. The van der Waals surface area contributed by atoms with Gasteiger partial charge in [0, 0.05) is 30.7 Å². The van der Waals surface area contributed by atoms with Crippen LogP contribution in [0.15, 0.2) is 30.3 Å². The van der Waals surface area contributed by atoms with Gasteiger partial charge in [0.1, 0.15) is 0 Å². The van der Waals surface area contributed by atoms with E-state index in [1.165, 1.54) is 18.5 Å². The number of nitrogens with one attached hydrogen (secondary N) is 1. The number of nitrogens with zero attached hydrogens (tertiary/aromatic N) is 1. The first-order valence-corrected chi connectivity index (χ1v) is 6.94. The van der Waals surface area contributed by atoms with Crippen LogP contribution in [0.2, 0.25) is 0 Å². The molecule has 1 heterocycles. The summed E-state index contributed by atoms with van der Waals surface area (Å²) in [4.78, 5) is 14.1. The maximum atomic E-state index is 11.7. The smallest absolute Gasteiger partial charge is 0.223 e. The number of amides is 1. The molecule has 1 atom stereocenters. The lowest BCUT2D eigenvalue weighted by Gasteiger charge is -2.27. The van der Waals surface area contributed by atoms with Crippen molar-refractivity contribution in [1.82, 2.24) is 5.32 Å². The van der Waals surface area contributed by atoms with Gasteiger partial charge in [-0.25, -0.2) is 0 Å². The Morgan fingerprint density at radius 2 is 2.00 bits per heavy atom. The van der Waals surface area contributed by atoms with Crippen LogP contribution in [0.1, 0.15) is 25.7 Å². The number of carbonyl (C=O) groups excluding carboxylic acids is 1. The van der Waals surface area contributed by atoms with Crippen molar-refractivity contribution in [2.24, 2.45) is 5.92 Å². The van der Waals surface area contributed by atoms with Crippen molar-refractivity contribution < 1.29 is 4.79 Å². The van der Waals surface area contributed by atoms with E-state index in [-0.39, 0.29) is 5.91 Å². The molecule has 2 aliphatic rings. The molecule has 3 heteroatoms. The fourth-order valence-electron chi connectivity index (χ4n) is 2.72. The first-order chi connectivity index (χ1) is 8.84. The lowest BCUT2D eigenvalue weighted by molar-refractivity contribution is -0.122. The quantitative estimate of drug-likeness (QED) is 0.880. The van der Waals surface area contributed by atoms with Gasteiger partial charge < -0.3 is 10.2 Å². The molecule has 1 saturated carbocycles. The number of benzene rings is 1. The van der Waals surface area contributed by atoms with Crippen LogP contribution in [0.25, 0.3) is 0 Å². The molecule has 1 unspecified atom stereocenters. The van der Waals surface area contributed by atoms with Crippen LogP contribution < -0.4 is 10.2 Å². The zero-order valence-corrected chi connectivity index (χ0v) is 10.6. The number of hydrogen-bond donors (Lipinski definition) is 1. The largest absolute Gasteiger partial charge is 0.367 e. The van der Waals surface area contributed by atoms with Crippen LogP contribution in [-0.2, 0) is 4.79 Å². The predicted octanol–water partition coefficient (Wildman–Crippen LogP) is 2.18. The Morgan fingerprint density at radius 1 is 1.22 bits per heavy atom. The van der Waals surface area contributed by atoms with Crippen LogP contribution >= 0.6 is 0 Å². The normalized spacial score (nSPS) is 23.1. The molecule has 0 bridgehead atoms. The van der Waals surface area contributed by atoms with Crippen molar-refractivity contribution in [3.05, 3.63) is 30.3 Å². The highest BCUT2D eigenvalue weighted by atomic mass is 16.2. The third-order valence-corrected chi connectivity index (χ3v) is 3.93. The molecule has 18 heavy (non-hydrogen) atoms. The van der Waals surface area contributed by atoms with E-state index in [0.717, 1.165) is 25.9 Å². The van der Waals surface area contributed by atoms with E-state index in [2.05, 4.69) is 34.5 Å². The summed E-state index contributed by atoms with van der Waals surface area (Å²) in [7, 11) is 0. The molecule has 1 aliphatic heterocycles. The molecule has 1 aromatic rings. The summed E-state index contributed by atoms with van der Waals surface area (Å²) in [5.74, 6) is 0.575. The Balaban J connectivity index is 1.59. The summed E-state index contributed by atoms with van der Waals surface area (Å²) in [6, 6.07) is 11.0. The summed E-state index contributed by atoms with van der Waals surface area (Å²) in [6.07, 6.45) is 4.57. The minimum Gasteiger partial charge on any atom is -0.367 e. The van der Waals surface area contributed by atoms with E-state index in [1.807, 2.05) is 6.07 Å². The van der Waals surface area contributed by atoms with Crippen LogP contribution in [0.4, 0.5) is 5.69 Å². The summed E-state index contributed by atoms with van der Waals surface area (Å²) in [5, 5.41) is 3.11. The van der Waals surface area contributed by atoms with Gasteiger partial charge in [0.15, 0.2) is 0 Å². The van der Waals surface area contributed by atoms with Gasteiger partial charge in [-0.05, 0) is 37.8 Å². The second-order valence-corrected chi connectivity index (χ2v) is 5.34. The molecule has 3 rings (SSSR count). The summed E-state index contributed by atoms with van der Waals surface area (Å²) >= 11 is 0. The van der Waals surface area contributed by atoms with Crippen molar-refractivity contribution in [1.29, 1.82) is 0 Å². The standard InChI is InChI=1S/C15H20N2O/c18-15(12-8-9-12)16-11-14-7-4-10-17(14)13-5-2-1-3-6-13/h1-3,5-6,12,14H,4,7-11H2,(H,16,18). The number of hydrogen-bond acceptors (Lipinski definition) is 2. The summed E-state index contributed by atoms with van der Waals surface area (Å²) < 4.78 is 0. The van der Waals surface area contributed by atoms with E-state index < -0.39 is 0 Å². The molecule has 1 aromatic carbocycles. The molecule has 3 nitrogen and oxygen atoms in total. The third-order valence-electron chi connectivity index (χ3n) is 3.93. The maximum absolute atomic E-state index is 11.7. The van der Waals surface area contributed by atoms with Crippen LogP contribution in [0.5, 0.6) is 0 Å². The number of para-hydroxylation sites is 1. The fourth-order valence-corrected chi connectivity index (χ4v) is 2.72. The fraction of sp³-hybridized carbons (Fsp3) is 0.533. The Morgan fingerprint density at radius 3 is 2.72 bits per heavy atom. The van der Waals surface area contributed by atoms with Crippen LogP contribution in [-0.4, -0.2) is 25.0 Å². The van der Waals surface area contributed by atoms with E-state index in [1.54, 1.807) is 0 Å². The third kappa shape index (κ3) is 2.50. The highest BCUT2D eigenvalue weighted by Crippen LogP contribution is 2.29. The second-order valence-electron chi connectivity index (χ2n) is 5.34. The van der Waals surface area contributed by atoms with Crippen molar-refractivity contribution in [3.63, 3.8) is 0 Å². The number of anilines is 1. The number of rotatable bonds is 4. The van der Waals surface area contributed by atoms with Crippen molar-refractivity contribution in [2.45, 2.75) is 31.7 Å². The van der Waals surface area contributed by atoms with E-state index in [9.17, 15) is 4.79 Å². The Hall–Kier alpha value is -1.51. The van der Waals surface area contributed by atoms with Gasteiger partial charge in [-0.1, -0.05) is 18.2 Å². The first kappa shape index (κ1) is 11.6. The monoisotopic (exact) mass is 244 g/mol. The molecule has 2 fully saturated rings. The Labute approximate surface area is 108 Å². The van der Waals surface area contributed by atoms with Gasteiger partial charge in [0.2, 0.25) is 5.91 Å². The predicted molar refractivity (Wildman–Crippen MR) is 72.5 cm³/mol. The average Bonchev–Trinajstić information content (AvgIpc) is 3.16. The lowest BCUT2D eigenvalue weighted by Crippen LogP contribution is -2.40. The van der Waals surface area contributed by atoms with Crippen molar-refractivity contribution in [3.8, 4) is 0 Å². The zero-order chi connectivity index (χ0) is 12.4. The van der Waals surface area contributed by atoms with Crippen molar-refractivity contribution >= 4 is 11.6 Å². The van der Waals surface area contributed by atoms with Crippen LogP contribution in [0, 0.1) is 5.92 Å². The molecule has 1 saturated heterocycles. The van der Waals surface area contributed by atoms with Crippen molar-refractivity contribution in [2.75, 3.05) is 18.0 Å². The Kier molecular flexibility index (Phi) is 3.22. The SMILES string of the molecule is O=C(NCC1CCCN1c1ccccc1)C1CC1. The minimum absolute atomic E-state index is 0.259. The van der Waals surface area contributed by atoms with Gasteiger partial charge in [-0.3, -0.25) is 4.79 Å². The number of carbonyl (C=O) groups is 1.